The molecule has 3 heterocycles. The van der Waals surface area contributed by atoms with E-state index in [0.717, 1.165) is 19.4 Å². The van der Waals surface area contributed by atoms with E-state index in [2.05, 4.69) is 19.6 Å². The third kappa shape index (κ3) is 4.24. The lowest BCUT2D eigenvalue weighted by Gasteiger charge is -2.34. The van der Waals surface area contributed by atoms with Crippen LogP contribution < -0.4 is 9.62 Å². The molecule has 0 spiro atoms. The summed E-state index contributed by atoms with van der Waals surface area (Å²) in [5.74, 6) is 0.531. The van der Waals surface area contributed by atoms with E-state index in [1.807, 2.05) is 0 Å². The minimum absolute atomic E-state index is 0.156. The average molecular weight is 409 g/mol. The van der Waals surface area contributed by atoms with Gasteiger partial charge in [0, 0.05) is 38.1 Å². The molecule has 1 unspecified atom stereocenters. The molecule has 2 aliphatic heterocycles. The van der Waals surface area contributed by atoms with Gasteiger partial charge >= 0.3 is 0 Å². The molecule has 0 aliphatic carbocycles. The van der Waals surface area contributed by atoms with Crippen LogP contribution in [0.15, 0.2) is 24.5 Å². The summed E-state index contributed by atoms with van der Waals surface area (Å²) in [7, 11) is -3.50. The molecule has 1 aromatic carbocycles. The summed E-state index contributed by atoms with van der Waals surface area (Å²) in [5, 5.41) is 0.678. The molecule has 1 aromatic heterocycles. The highest BCUT2D eigenvalue weighted by atomic mass is 32.2. The average Bonchev–Trinajstić information content (AvgIpc) is 2.73. The van der Waals surface area contributed by atoms with Crippen molar-refractivity contribution in [2.45, 2.75) is 12.8 Å². The van der Waals surface area contributed by atoms with Crippen molar-refractivity contribution in [1.82, 2.24) is 19.0 Å². The fourth-order valence-electron chi connectivity index (χ4n) is 3.79. The van der Waals surface area contributed by atoms with Gasteiger partial charge in [0.05, 0.1) is 18.7 Å². The van der Waals surface area contributed by atoms with Gasteiger partial charge in [-0.05, 0) is 37.0 Å². The number of nitrogens with zero attached hydrogens (tertiary/aromatic N) is 4. The summed E-state index contributed by atoms with van der Waals surface area (Å²) in [5.41, 5.74) is 0.696. The van der Waals surface area contributed by atoms with Crippen LogP contribution in [0, 0.1) is 11.7 Å². The largest absolute Gasteiger partial charge is 0.379 e. The molecule has 2 saturated heterocycles. The number of rotatable bonds is 5. The van der Waals surface area contributed by atoms with Crippen LogP contribution >= 0.6 is 0 Å². The molecule has 0 saturated carbocycles. The lowest BCUT2D eigenvalue weighted by atomic mass is 9.98. The topological polar surface area (TPSA) is 87.7 Å². The first kappa shape index (κ1) is 19.4. The molecule has 2 fully saturated rings. The summed E-state index contributed by atoms with van der Waals surface area (Å²) in [6.07, 6.45) is 3.34. The number of aromatic nitrogens is 2. The third-order valence-corrected chi connectivity index (χ3v) is 6.84. The Bertz CT molecular complexity index is 936. The van der Waals surface area contributed by atoms with Gasteiger partial charge in [-0.25, -0.2) is 19.1 Å². The summed E-state index contributed by atoms with van der Waals surface area (Å²) in [6, 6.07) is 4.49. The minimum Gasteiger partial charge on any atom is -0.379 e. The number of hydrogen-bond donors (Lipinski definition) is 1. The molecule has 0 amide bonds. The van der Waals surface area contributed by atoms with Crippen LogP contribution in [0.3, 0.4) is 0 Å². The molecule has 28 heavy (non-hydrogen) atoms. The molecular weight excluding hydrogens is 385 g/mol. The van der Waals surface area contributed by atoms with Crippen molar-refractivity contribution in [3.8, 4) is 0 Å². The fourth-order valence-corrected chi connectivity index (χ4v) is 5.05. The predicted octanol–water partition coefficient (Wildman–Crippen LogP) is 1.15. The van der Waals surface area contributed by atoms with Crippen molar-refractivity contribution in [2.24, 2.45) is 5.92 Å². The molecular formula is C18H24FN5O3S. The van der Waals surface area contributed by atoms with Gasteiger partial charge in [-0.15, -0.1) is 0 Å². The number of nitrogens with one attached hydrogen (secondary N) is 1. The summed E-state index contributed by atoms with van der Waals surface area (Å²) < 4.78 is 48.1. The predicted molar refractivity (Wildman–Crippen MR) is 104 cm³/mol. The zero-order chi connectivity index (χ0) is 19.6. The summed E-state index contributed by atoms with van der Waals surface area (Å²) in [4.78, 5) is 10.7. The van der Waals surface area contributed by atoms with E-state index in [0.29, 0.717) is 56.1 Å². The normalized spacial score (nSPS) is 21.9. The fraction of sp³-hybridized carbons (Fsp3) is 0.556. The molecule has 0 bridgehead atoms. The maximum atomic E-state index is 13.7. The number of hydrogen-bond acceptors (Lipinski definition) is 6. The second-order valence-corrected chi connectivity index (χ2v) is 8.93. The Balaban J connectivity index is 1.44. The number of piperidine rings is 1. The quantitative estimate of drug-likeness (QED) is 0.797. The maximum Gasteiger partial charge on any atom is 0.279 e. The molecule has 8 nitrogen and oxygen atoms in total. The molecule has 1 atom stereocenters. The van der Waals surface area contributed by atoms with Crippen LogP contribution in [0.5, 0.6) is 0 Å². The second kappa shape index (κ2) is 8.24. The van der Waals surface area contributed by atoms with Crippen LogP contribution in [0.25, 0.3) is 10.9 Å². The van der Waals surface area contributed by atoms with Crippen molar-refractivity contribution in [1.29, 1.82) is 0 Å². The Morgan fingerprint density at radius 3 is 2.86 bits per heavy atom. The molecule has 4 rings (SSSR count). The first-order chi connectivity index (χ1) is 13.5. The van der Waals surface area contributed by atoms with Gasteiger partial charge in [-0.1, -0.05) is 0 Å². The first-order valence-electron chi connectivity index (χ1n) is 9.50. The number of anilines is 1. The Labute approximate surface area is 163 Å². The highest BCUT2D eigenvalue weighted by Crippen LogP contribution is 2.28. The number of fused-ring (bicyclic) bond motifs is 1. The Morgan fingerprint density at radius 1 is 1.21 bits per heavy atom. The first-order valence-corrected chi connectivity index (χ1v) is 10.9. The van der Waals surface area contributed by atoms with E-state index < -0.39 is 10.2 Å². The zero-order valence-electron chi connectivity index (χ0n) is 15.6. The van der Waals surface area contributed by atoms with Crippen molar-refractivity contribution >= 4 is 26.9 Å². The number of morpholine rings is 1. The van der Waals surface area contributed by atoms with Gasteiger partial charge in [-0.3, -0.25) is 0 Å². The molecule has 1 N–H and O–H groups in total. The number of benzene rings is 1. The Morgan fingerprint density at radius 2 is 2.04 bits per heavy atom. The zero-order valence-corrected chi connectivity index (χ0v) is 16.4. The van der Waals surface area contributed by atoms with Crippen molar-refractivity contribution < 1.29 is 17.5 Å². The smallest absolute Gasteiger partial charge is 0.279 e. The molecule has 0 radical (unpaired) electrons. The van der Waals surface area contributed by atoms with Gasteiger partial charge in [0.2, 0.25) is 0 Å². The molecule has 2 aliphatic rings. The van der Waals surface area contributed by atoms with E-state index in [9.17, 15) is 12.8 Å². The van der Waals surface area contributed by atoms with Crippen molar-refractivity contribution in [3.63, 3.8) is 0 Å². The minimum atomic E-state index is -3.50. The second-order valence-electron chi connectivity index (χ2n) is 7.18. The van der Waals surface area contributed by atoms with Gasteiger partial charge in [0.1, 0.15) is 18.0 Å². The Hall–Kier alpha value is -1.88. The molecule has 152 valence electrons. The van der Waals surface area contributed by atoms with Crippen LogP contribution in [0.4, 0.5) is 10.2 Å². The van der Waals surface area contributed by atoms with Gasteiger partial charge in [-0.2, -0.15) is 12.7 Å². The summed E-state index contributed by atoms with van der Waals surface area (Å²) in [6.45, 7) is 3.44. The molecule has 2 aromatic rings. The third-order valence-electron chi connectivity index (χ3n) is 5.26. The number of ether oxygens (including phenoxy) is 1. The van der Waals surface area contributed by atoms with E-state index in [1.165, 1.54) is 22.8 Å². The van der Waals surface area contributed by atoms with Gasteiger partial charge in [0.25, 0.3) is 10.2 Å². The van der Waals surface area contributed by atoms with Crippen molar-refractivity contribution in [3.05, 3.63) is 30.3 Å². The maximum absolute atomic E-state index is 13.7. The van der Waals surface area contributed by atoms with E-state index in [1.54, 1.807) is 6.07 Å². The summed E-state index contributed by atoms with van der Waals surface area (Å²) >= 11 is 0. The lowest BCUT2D eigenvalue weighted by Crippen LogP contribution is -2.49. The van der Waals surface area contributed by atoms with Gasteiger partial charge in [0.15, 0.2) is 0 Å². The van der Waals surface area contributed by atoms with E-state index in [4.69, 9.17) is 4.74 Å². The van der Waals surface area contributed by atoms with E-state index >= 15 is 0 Å². The van der Waals surface area contributed by atoms with Gasteiger partial charge < -0.3 is 9.64 Å². The van der Waals surface area contributed by atoms with Crippen LogP contribution in [-0.4, -0.2) is 68.6 Å². The van der Waals surface area contributed by atoms with Crippen molar-refractivity contribution in [2.75, 3.05) is 50.8 Å². The highest BCUT2D eigenvalue weighted by Gasteiger charge is 2.27. The van der Waals surface area contributed by atoms with Crippen LogP contribution in [0.1, 0.15) is 12.8 Å². The monoisotopic (exact) mass is 409 g/mol. The van der Waals surface area contributed by atoms with Crippen LogP contribution in [-0.2, 0) is 14.9 Å². The number of halogens is 1. The lowest BCUT2D eigenvalue weighted by molar-refractivity contribution is 0.0724. The highest BCUT2D eigenvalue weighted by molar-refractivity contribution is 7.87. The van der Waals surface area contributed by atoms with E-state index in [-0.39, 0.29) is 11.7 Å². The standard InChI is InChI=1S/C18H24FN5O3S/c19-15-3-4-17-16(10-15)18(21-13-20-17)23-5-1-2-14(12-23)11-22-28(25,26)24-6-8-27-9-7-24/h3-4,10,13-14,22H,1-2,5-9,11-12H2. The Kier molecular flexibility index (Phi) is 5.72. The SMILES string of the molecule is O=S(=O)(NCC1CCCN(c2ncnc3ccc(F)cc23)C1)N1CCOCC1. The molecule has 10 heteroatoms. The van der Waals surface area contributed by atoms with Crippen LogP contribution in [0.2, 0.25) is 0 Å².